The molecule has 0 aromatic carbocycles. The molecule has 2 saturated heterocycles. The summed E-state index contributed by atoms with van der Waals surface area (Å²) in [5.41, 5.74) is -0.930. The zero-order valence-corrected chi connectivity index (χ0v) is 14.8. The van der Waals surface area contributed by atoms with Crippen molar-refractivity contribution in [1.82, 2.24) is 5.32 Å². The number of thiol groups is 1. The average molecular weight is 399 g/mol. The number of amides is 1. The van der Waals surface area contributed by atoms with Crippen molar-refractivity contribution in [1.29, 1.82) is 0 Å². The summed E-state index contributed by atoms with van der Waals surface area (Å²) >= 11 is 4.13. The van der Waals surface area contributed by atoms with Crippen LogP contribution >= 0.6 is 12.6 Å². The maximum Gasteiger partial charge on any atom is 0.217 e. The van der Waals surface area contributed by atoms with Crippen molar-refractivity contribution in [3.05, 3.63) is 0 Å². The van der Waals surface area contributed by atoms with Crippen LogP contribution in [0.2, 0.25) is 0 Å². The van der Waals surface area contributed by atoms with E-state index in [-0.39, 0.29) is 0 Å². The fourth-order valence-electron chi connectivity index (χ4n) is 2.98. The predicted octanol–water partition coefficient (Wildman–Crippen LogP) is -4.32. The Balaban J connectivity index is 2.16. The molecule has 0 aromatic rings. The molecule has 2 rings (SSSR count). The second kappa shape index (κ2) is 9.10. The van der Waals surface area contributed by atoms with Crippen LogP contribution in [0.15, 0.2) is 0 Å². The van der Waals surface area contributed by atoms with Gasteiger partial charge in [-0.25, -0.2) is 0 Å². The highest BCUT2D eigenvalue weighted by Gasteiger charge is 2.50. The van der Waals surface area contributed by atoms with Gasteiger partial charge < -0.3 is 50.2 Å². The largest absolute Gasteiger partial charge is 0.394 e. The van der Waals surface area contributed by atoms with E-state index in [9.17, 15) is 35.4 Å². The Bertz CT molecular complexity index is 483. The van der Waals surface area contributed by atoms with Gasteiger partial charge in [-0.1, -0.05) is 0 Å². The molecule has 7 N–H and O–H groups in total. The molecular weight excluding hydrogens is 374 g/mol. The second-order valence-corrected chi connectivity index (χ2v) is 6.77. The summed E-state index contributed by atoms with van der Waals surface area (Å²) in [5.74, 6) is -0.453. The number of carbonyl (C=O) groups is 1. The fourth-order valence-corrected chi connectivity index (χ4v) is 3.38. The van der Waals surface area contributed by atoms with E-state index < -0.39 is 79.6 Å². The second-order valence-electron chi connectivity index (χ2n) is 6.26. The number of ether oxygens (including phenoxy) is 3. The quantitative estimate of drug-likeness (QED) is 0.211. The minimum Gasteiger partial charge on any atom is -0.394 e. The first-order chi connectivity index (χ1) is 12.2. The monoisotopic (exact) mass is 399 g/mol. The molecule has 26 heavy (non-hydrogen) atoms. The summed E-state index contributed by atoms with van der Waals surface area (Å²) in [5, 5.41) is 61.3. The van der Waals surface area contributed by atoms with E-state index in [1.807, 2.05) is 0 Å². The third-order valence-corrected chi connectivity index (χ3v) is 4.82. The van der Waals surface area contributed by atoms with Crippen LogP contribution in [-0.4, -0.2) is 110 Å². The summed E-state index contributed by atoms with van der Waals surface area (Å²) in [6.45, 7) is 0.0208. The van der Waals surface area contributed by atoms with Gasteiger partial charge in [-0.05, 0) is 0 Å². The number of rotatable bonds is 5. The Morgan fingerprint density at radius 2 is 1.62 bits per heavy atom. The van der Waals surface area contributed by atoms with Gasteiger partial charge in [-0.2, -0.15) is 0 Å². The number of nitrogens with one attached hydrogen (secondary N) is 1. The summed E-state index contributed by atoms with van der Waals surface area (Å²) in [6, 6.07) is -0.978. The van der Waals surface area contributed by atoms with Crippen molar-refractivity contribution >= 4 is 18.5 Å². The number of aliphatic hydroxyl groups is 6. The fraction of sp³-hybridized carbons (Fsp3) is 0.929. The van der Waals surface area contributed by atoms with Gasteiger partial charge in [-0.15, -0.1) is 12.6 Å². The van der Waals surface area contributed by atoms with Crippen LogP contribution in [-0.2, 0) is 19.0 Å². The lowest BCUT2D eigenvalue weighted by molar-refractivity contribution is -0.333. The van der Waals surface area contributed by atoms with Crippen LogP contribution in [0.25, 0.3) is 0 Å². The van der Waals surface area contributed by atoms with E-state index in [0.717, 1.165) is 0 Å². The lowest BCUT2D eigenvalue weighted by Crippen LogP contribution is -2.66. The Morgan fingerprint density at radius 1 is 1.00 bits per heavy atom. The molecule has 0 saturated carbocycles. The topological polar surface area (TPSA) is 178 Å². The van der Waals surface area contributed by atoms with E-state index in [0.29, 0.717) is 0 Å². The molecule has 11 nitrogen and oxygen atoms in total. The smallest absolute Gasteiger partial charge is 0.217 e. The molecule has 2 heterocycles. The maximum atomic E-state index is 11.3. The zero-order chi connectivity index (χ0) is 19.6. The van der Waals surface area contributed by atoms with Crippen LogP contribution in [0.3, 0.4) is 0 Å². The van der Waals surface area contributed by atoms with Crippen LogP contribution in [0.1, 0.15) is 6.92 Å². The normalized spacial score (nSPS) is 46.8. The van der Waals surface area contributed by atoms with Crippen LogP contribution in [0.5, 0.6) is 0 Å². The summed E-state index contributed by atoms with van der Waals surface area (Å²) in [7, 11) is 0. The molecule has 12 heteroatoms. The number of aliphatic hydroxyl groups excluding tert-OH is 6. The molecule has 0 aliphatic carbocycles. The first kappa shape index (κ1) is 21.8. The lowest BCUT2D eigenvalue weighted by atomic mass is 9.96. The molecule has 0 radical (unpaired) electrons. The van der Waals surface area contributed by atoms with Crippen molar-refractivity contribution in [2.24, 2.45) is 0 Å². The van der Waals surface area contributed by atoms with Gasteiger partial charge in [-0.3, -0.25) is 4.79 Å². The van der Waals surface area contributed by atoms with Gasteiger partial charge >= 0.3 is 0 Å². The summed E-state index contributed by atoms with van der Waals surface area (Å²) in [4.78, 5) is 11.3. The highest BCUT2D eigenvalue weighted by Crippen LogP contribution is 2.30. The third kappa shape index (κ3) is 4.47. The number of hydrogen-bond donors (Lipinski definition) is 8. The van der Waals surface area contributed by atoms with Gasteiger partial charge in [0.2, 0.25) is 5.91 Å². The van der Waals surface area contributed by atoms with Crippen molar-refractivity contribution in [3.63, 3.8) is 0 Å². The van der Waals surface area contributed by atoms with E-state index in [4.69, 9.17) is 14.2 Å². The van der Waals surface area contributed by atoms with Crippen LogP contribution < -0.4 is 5.32 Å². The molecule has 10 unspecified atom stereocenters. The van der Waals surface area contributed by atoms with E-state index in [1.165, 1.54) is 6.92 Å². The van der Waals surface area contributed by atoms with Gasteiger partial charge in [0.15, 0.2) is 6.29 Å². The minimum atomic E-state index is -1.69. The highest BCUT2D eigenvalue weighted by molar-refractivity contribution is 7.80. The van der Waals surface area contributed by atoms with Crippen molar-refractivity contribution < 1.29 is 49.6 Å². The molecule has 0 spiro atoms. The van der Waals surface area contributed by atoms with E-state index >= 15 is 0 Å². The molecular formula is C14H25NO10S. The van der Waals surface area contributed by atoms with Gasteiger partial charge in [0.1, 0.15) is 48.2 Å². The Kier molecular flexibility index (Phi) is 7.62. The van der Waals surface area contributed by atoms with Crippen molar-refractivity contribution in [2.45, 2.75) is 67.4 Å². The van der Waals surface area contributed by atoms with Gasteiger partial charge in [0, 0.05) is 6.92 Å². The Labute approximate surface area is 154 Å². The minimum absolute atomic E-state index is 0.453. The number of carbonyl (C=O) groups excluding carboxylic acids is 1. The standard InChI is InChI=1S/C14H25NO10S/c1-4(18)15-7-9(20)12(6(3-17)24-14(7)26)25-13-11(22)10(21)8(19)5(2-16)23-13/h5-14,16-17,19-22,26H,2-3H2,1H3,(H,15,18). The Morgan fingerprint density at radius 3 is 2.15 bits per heavy atom. The molecule has 2 fully saturated rings. The zero-order valence-electron chi connectivity index (χ0n) is 14.0. The SMILES string of the molecule is CC(=O)NC1C(S)OC(CO)C(OC2OC(CO)C(O)C(O)C2O)C1O. The van der Waals surface area contributed by atoms with Crippen LogP contribution in [0.4, 0.5) is 0 Å². The molecule has 2 aliphatic heterocycles. The predicted molar refractivity (Wildman–Crippen MR) is 87.0 cm³/mol. The number of hydrogen-bond acceptors (Lipinski definition) is 11. The molecule has 0 bridgehead atoms. The van der Waals surface area contributed by atoms with Crippen molar-refractivity contribution in [2.75, 3.05) is 13.2 Å². The Hall–Kier alpha value is -0.540. The molecule has 0 aromatic heterocycles. The first-order valence-electron chi connectivity index (χ1n) is 8.06. The van der Waals surface area contributed by atoms with Gasteiger partial charge in [0.05, 0.1) is 19.3 Å². The van der Waals surface area contributed by atoms with Crippen LogP contribution in [0, 0.1) is 0 Å². The highest BCUT2D eigenvalue weighted by atomic mass is 32.1. The maximum absolute atomic E-state index is 11.3. The average Bonchev–Trinajstić information content (AvgIpc) is 2.60. The molecule has 1 amide bonds. The molecule has 152 valence electrons. The first-order valence-corrected chi connectivity index (χ1v) is 8.58. The third-order valence-electron chi connectivity index (χ3n) is 4.38. The van der Waals surface area contributed by atoms with E-state index in [1.54, 1.807) is 0 Å². The summed E-state index contributed by atoms with van der Waals surface area (Å²) < 4.78 is 16.2. The molecule has 10 atom stereocenters. The lowest BCUT2D eigenvalue weighted by Gasteiger charge is -2.46. The van der Waals surface area contributed by atoms with E-state index in [2.05, 4.69) is 17.9 Å². The molecule has 2 aliphatic rings. The van der Waals surface area contributed by atoms with Gasteiger partial charge in [0.25, 0.3) is 0 Å². The van der Waals surface area contributed by atoms with Crippen molar-refractivity contribution in [3.8, 4) is 0 Å². The summed E-state index contributed by atoms with van der Waals surface area (Å²) in [6.07, 6.45) is -11.4.